The van der Waals surface area contributed by atoms with E-state index in [1.165, 1.54) is 22.5 Å². The Bertz CT molecular complexity index is 1070. The van der Waals surface area contributed by atoms with Crippen LogP contribution >= 0.6 is 0 Å². The number of halogens is 1. The summed E-state index contributed by atoms with van der Waals surface area (Å²) in [6.45, 7) is 4.72. The van der Waals surface area contributed by atoms with E-state index in [1.54, 1.807) is 19.2 Å². The van der Waals surface area contributed by atoms with Crippen LogP contribution in [-0.4, -0.2) is 58.9 Å². The zero-order valence-electron chi connectivity index (χ0n) is 19.0. The lowest BCUT2D eigenvalue weighted by Gasteiger charge is -2.37. The van der Waals surface area contributed by atoms with Crippen molar-refractivity contribution in [2.75, 3.05) is 40.1 Å². The molecule has 9 heteroatoms. The molecule has 0 spiro atoms. The predicted molar refractivity (Wildman–Crippen MR) is 120 cm³/mol. The Morgan fingerprint density at radius 1 is 1.18 bits per heavy atom. The lowest BCUT2D eigenvalue weighted by molar-refractivity contribution is -0.120. The molecule has 2 saturated heterocycles. The van der Waals surface area contributed by atoms with Gasteiger partial charge < -0.3 is 18.9 Å². The molecular weight excluding hydrogens is 449 g/mol. The number of methoxy groups -OCH3 is 1. The van der Waals surface area contributed by atoms with Gasteiger partial charge in [-0.1, -0.05) is 19.1 Å². The molecule has 0 radical (unpaired) electrons. The second-order valence-corrected chi connectivity index (χ2v) is 10.9. The molecule has 2 aliphatic heterocycles. The summed E-state index contributed by atoms with van der Waals surface area (Å²) in [7, 11) is -2.38. The number of ether oxygens (including phenoxy) is 4. The van der Waals surface area contributed by atoms with Gasteiger partial charge in [0.1, 0.15) is 5.82 Å². The molecule has 0 saturated carbocycles. The van der Waals surface area contributed by atoms with Crippen LogP contribution in [0.4, 0.5) is 4.39 Å². The van der Waals surface area contributed by atoms with Crippen LogP contribution in [0.2, 0.25) is 0 Å². The van der Waals surface area contributed by atoms with E-state index in [9.17, 15) is 12.8 Å². The molecule has 2 aliphatic rings. The van der Waals surface area contributed by atoms with Crippen LogP contribution in [-0.2, 0) is 26.0 Å². The fraction of sp³-hybridized carbons (Fsp3) is 0.500. The van der Waals surface area contributed by atoms with E-state index in [1.807, 2.05) is 6.07 Å². The average molecular weight is 480 g/mol. The number of rotatable bonds is 10. The number of nitrogens with zero attached hydrogens (tertiary/aromatic N) is 1. The summed E-state index contributed by atoms with van der Waals surface area (Å²) in [5.74, 6) is 0.520. The lowest BCUT2D eigenvalue weighted by atomic mass is 9.90. The molecule has 0 N–H and O–H groups in total. The third-order valence-corrected chi connectivity index (χ3v) is 7.74. The van der Waals surface area contributed by atoms with Crippen molar-refractivity contribution in [3.8, 4) is 11.5 Å². The quantitative estimate of drug-likeness (QED) is 0.518. The van der Waals surface area contributed by atoms with Gasteiger partial charge in [-0.15, -0.1) is 0 Å². The molecule has 7 nitrogen and oxygen atoms in total. The third kappa shape index (κ3) is 5.66. The van der Waals surface area contributed by atoms with Gasteiger partial charge in [0, 0.05) is 25.1 Å². The van der Waals surface area contributed by atoms with Crippen LogP contribution in [0, 0.1) is 11.2 Å². The standard InChI is InChI=1S/C24H30FNO6S/c1-24(15-30-16-24)17-32-23-11-18(8-9-22(23)29-2)13-26(14-20-6-4-10-31-20)33(27,28)21-7-3-5-19(25)12-21/h3,5,7-9,11-12,20H,4,6,10,13-17H2,1-2H3. The molecule has 180 valence electrons. The minimum Gasteiger partial charge on any atom is -0.493 e. The number of hydrogen-bond donors (Lipinski definition) is 0. The first kappa shape index (κ1) is 23.9. The average Bonchev–Trinajstić information content (AvgIpc) is 3.29. The van der Waals surface area contributed by atoms with E-state index < -0.39 is 15.8 Å². The molecule has 4 rings (SSSR count). The van der Waals surface area contributed by atoms with E-state index in [-0.39, 0.29) is 29.5 Å². The molecule has 0 aromatic heterocycles. The van der Waals surface area contributed by atoms with Crippen LogP contribution in [0.1, 0.15) is 25.3 Å². The van der Waals surface area contributed by atoms with Crippen molar-refractivity contribution in [1.82, 2.24) is 4.31 Å². The van der Waals surface area contributed by atoms with Crippen molar-refractivity contribution in [3.63, 3.8) is 0 Å². The number of hydrogen-bond acceptors (Lipinski definition) is 6. The molecule has 1 unspecified atom stereocenters. The first-order valence-electron chi connectivity index (χ1n) is 11.0. The molecule has 33 heavy (non-hydrogen) atoms. The summed E-state index contributed by atoms with van der Waals surface area (Å²) in [4.78, 5) is -0.0802. The minimum absolute atomic E-state index is 0.0480. The molecule has 2 fully saturated rings. The van der Waals surface area contributed by atoms with Gasteiger partial charge in [-0.3, -0.25) is 0 Å². The van der Waals surface area contributed by atoms with E-state index in [0.29, 0.717) is 37.9 Å². The maximum absolute atomic E-state index is 13.8. The van der Waals surface area contributed by atoms with Gasteiger partial charge in [0.25, 0.3) is 0 Å². The lowest BCUT2D eigenvalue weighted by Crippen LogP contribution is -2.44. The maximum Gasteiger partial charge on any atom is 0.243 e. The molecular formula is C24H30FNO6S. The van der Waals surface area contributed by atoms with Gasteiger partial charge in [0.2, 0.25) is 10.0 Å². The maximum atomic E-state index is 13.8. The smallest absolute Gasteiger partial charge is 0.243 e. The fourth-order valence-electron chi connectivity index (χ4n) is 3.96. The van der Waals surface area contributed by atoms with Crippen LogP contribution in [0.3, 0.4) is 0 Å². The Hall–Kier alpha value is -2.20. The summed E-state index contributed by atoms with van der Waals surface area (Å²) < 4.78 is 64.4. The van der Waals surface area contributed by atoms with Crippen molar-refractivity contribution in [2.24, 2.45) is 5.41 Å². The highest BCUT2D eigenvalue weighted by Gasteiger charge is 2.35. The minimum atomic E-state index is -3.94. The van der Waals surface area contributed by atoms with Crippen LogP contribution < -0.4 is 9.47 Å². The summed E-state index contributed by atoms with van der Waals surface area (Å²) >= 11 is 0. The van der Waals surface area contributed by atoms with Gasteiger partial charge in [-0.25, -0.2) is 12.8 Å². The Labute approximate surface area is 194 Å². The number of benzene rings is 2. The van der Waals surface area contributed by atoms with Crippen LogP contribution in [0.5, 0.6) is 11.5 Å². The van der Waals surface area contributed by atoms with E-state index in [2.05, 4.69) is 6.92 Å². The predicted octanol–water partition coefficient (Wildman–Crippen LogP) is 3.62. The Kier molecular flexibility index (Phi) is 7.23. The van der Waals surface area contributed by atoms with Crippen molar-refractivity contribution in [1.29, 1.82) is 0 Å². The first-order valence-corrected chi connectivity index (χ1v) is 12.5. The monoisotopic (exact) mass is 479 g/mol. The van der Waals surface area contributed by atoms with Gasteiger partial charge in [0.05, 0.1) is 37.9 Å². The highest BCUT2D eigenvalue weighted by molar-refractivity contribution is 7.89. The molecule has 0 amide bonds. The second kappa shape index (κ2) is 9.97. The van der Waals surface area contributed by atoms with E-state index in [4.69, 9.17) is 18.9 Å². The first-order chi connectivity index (χ1) is 15.8. The highest BCUT2D eigenvalue weighted by atomic mass is 32.2. The second-order valence-electron chi connectivity index (χ2n) is 8.97. The highest BCUT2D eigenvalue weighted by Crippen LogP contribution is 2.33. The molecule has 0 aliphatic carbocycles. The van der Waals surface area contributed by atoms with Gasteiger partial charge >= 0.3 is 0 Å². The van der Waals surface area contributed by atoms with Crippen LogP contribution in [0.15, 0.2) is 47.4 Å². The fourth-order valence-corrected chi connectivity index (χ4v) is 5.45. The molecule has 2 heterocycles. The van der Waals surface area contributed by atoms with Gasteiger partial charge in [-0.05, 0) is 48.7 Å². The normalized spacial score (nSPS) is 19.9. The SMILES string of the molecule is COc1ccc(CN(CC2CCCO2)S(=O)(=O)c2cccc(F)c2)cc1OCC1(C)COC1. The van der Waals surface area contributed by atoms with Crippen LogP contribution in [0.25, 0.3) is 0 Å². The Morgan fingerprint density at radius 2 is 2.00 bits per heavy atom. The van der Waals surface area contributed by atoms with Crippen molar-refractivity contribution in [3.05, 3.63) is 53.8 Å². The summed E-state index contributed by atoms with van der Waals surface area (Å²) in [5.41, 5.74) is 0.687. The van der Waals surface area contributed by atoms with Crippen molar-refractivity contribution >= 4 is 10.0 Å². The van der Waals surface area contributed by atoms with Gasteiger partial charge in [0.15, 0.2) is 11.5 Å². The topological polar surface area (TPSA) is 74.3 Å². The molecule has 2 aromatic rings. The van der Waals surface area contributed by atoms with Crippen molar-refractivity contribution < 1.29 is 31.8 Å². The summed E-state index contributed by atoms with van der Waals surface area (Å²) in [6, 6.07) is 10.4. The third-order valence-electron chi connectivity index (χ3n) is 5.93. The van der Waals surface area contributed by atoms with E-state index >= 15 is 0 Å². The van der Waals surface area contributed by atoms with E-state index in [0.717, 1.165) is 24.5 Å². The number of sulfonamides is 1. The summed E-state index contributed by atoms with van der Waals surface area (Å²) in [5, 5.41) is 0. The Balaban J connectivity index is 1.59. The molecule has 0 bridgehead atoms. The molecule has 1 atom stereocenters. The zero-order valence-corrected chi connectivity index (χ0v) is 19.8. The Morgan fingerprint density at radius 3 is 2.64 bits per heavy atom. The zero-order chi connectivity index (χ0) is 23.5. The summed E-state index contributed by atoms with van der Waals surface area (Å²) in [6.07, 6.45) is 1.48. The van der Waals surface area contributed by atoms with Gasteiger partial charge in [-0.2, -0.15) is 4.31 Å². The van der Waals surface area contributed by atoms with Crippen molar-refractivity contribution in [2.45, 2.75) is 37.3 Å². The molecule has 2 aromatic carbocycles. The largest absolute Gasteiger partial charge is 0.493 e.